The Bertz CT molecular complexity index is 1600. The molecule has 8 heteroatoms. The van der Waals surface area contributed by atoms with E-state index in [1.165, 1.54) is 5.56 Å². The van der Waals surface area contributed by atoms with E-state index in [4.69, 9.17) is 42.4 Å². The number of hydrogen-bond acceptors (Lipinski definition) is 5. The fraction of sp³-hybridized carbons (Fsp3) is 0.270. The Hall–Kier alpha value is -3.97. The molecule has 0 atom stereocenters. The molecule has 0 aliphatic carbocycles. The second-order valence-corrected chi connectivity index (χ2v) is 11.5. The Labute approximate surface area is 276 Å². The van der Waals surface area contributed by atoms with Gasteiger partial charge in [-0.3, -0.25) is 0 Å². The Kier molecular flexibility index (Phi) is 11.8. The van der Waals surface area contributed by atoms with Crippen LogP contribution in [-0.2, 0) is 13.0 Å². The monoisotopic (exact) mass is 643 g/mol. The van der Waals surface area contributed by atoms with Crippen molar-refractivity contribution in [3.05, 3.63) is 125 Å². The minimum Gasteiger partial charge on any atom is -0.494 e. The zero-order valence-electron chi connectivity index (χ0n) is 25.8. The van der Waals surface area contributed by atoms with E-state index in [0.717, 1.165) is 77.5 Å². The summed E-state index contributed by atoms with van der Waals surface area (Å²) >= 11 is 12.1. The molecule has 0 unspecified atom stereocenters. The molecule has 5 rings (SSSR count). The van der Waals surface area contributed by atoms with E-state index < -0.39 is 0 Å². The maximum Gasteiger partial charge on any atom is 0.152 e. The first-order valence-corrected chi connectivity index (χ1v) is 16.2. The molecule has 0 aliphatic heterocycles. The summed E-state index contributed by atoms with van der Waals surface area (Å²) in [5.41, 5.74) is 3.99. The van der Waals surface area contributed by atoms with Crippen LogP contribution < -0.4 is 14.2 Å². The van der Waals surface area contributed by atoms with Crippen molar-refractivity contribution < 1.29 is 14.2 Å². The predicted octanol–water partition coefficient (Wildman–Crippen LogP) is 9.16. The molecule has 6 nitrogen and oxygen atoms in total. The summed E-state index contributed by atoms with van der Waals surface area (Å²) in [4.78, 5) is 7.37. The lowest BCUT2D eigenvalue weighted by Crippen LogP contribution is -2.25. The van der Waals surface area contributed by atoms with Gasteiger partial charge in [0.05, 0.1) is 18.9 Å². The molecule has 45 heavy (non-hydrogen) atoms. The minimum atomic E-state index is 0.289. The zero-order valence-corrected chi connectivity index (χ0v) is 27.3. The SMILES string of the molecule is CCN(CC)CCCOc1ccc(-n2cc(-c3ccc(OCCc4ccc(Cl)cc4)cc3)nc2COc2ccc(Cl)cc2)cc1. The number of nitrogens with zero attached hydrogens (tertiary/aromatic N) is 3. The summed E-state index contributed by atoms with van der Waals surface area (Å²) in [6.07, 6.45) is 3.84. The van der Waals surface area contributed by atoms with Crippen molar-refractivity contribution in [1.29, 1.82) is 0 Å². The van der Waals surface area contributed by atoms with Gasteiger partial charge in [-0.1, -0.05) is 49.2 Å². The molecule has 1 aromatic heterocycles. The Morgan fingerprint density at radius 1 is 0.667 bits per heavy atom. The number of rotatable bonds is 16. The average Bonchev–Trinajstić information content (AvgIpc) is 3.50. The van der Waals surface area contributed by atoms with Crippen molar-refractivity contribution in [3.8, 4) is 34.2 Å². The van der Waals surface area contributed by atoms with Crippen molar-refractivity contribution in [2.45, 2.75) is 33.3 Å². The van der Waals surface area contributed by atoms with Crippen LogP contribution >= 0.6 is 23.2 Å². The van der Waals surface area contributed by atoms with E-state index in [-0.39, 0.29) is 6.61 Å². The lowest BCUT2D eigenvalue weighted by Gasteiger charge is -2.17. The number of aromatic nitrogens is 2. The molecule has 0 amide bonds. The van der Waals surface area contributed by atoms with Gasteiger partial charge >= 0.3 is 0 Å². The first-order valence-electron chi connectivity index (χ1n) is 15.4. The molecule has 0 bridgehead atoms. The summed E-state index contributed by atoms with van der Waals surface area (Å²) in [5.74, 6) is 3.16. The van der Waals surface area contributed by atoms with Gasteiger partial charge in [-0.25, -0.2) is 4.98 Å². The van der Waals surface area contributed by atoms with Crippen LogP contribution in [0.1, 0.15) is 31.7 Å². The molecule has 234 valence electrons. The van der Waals surface area contributed by atoms with Gasteiger partial charge < -0.3 is 23.7 Å². The van der Waals surface area contributed by atoms with Crippen molar-refractivity contribution >= 4 is 23.2 Å². The van der Waals surface area contributed by atoms with Crippen LogP contribution in [0.3, 0.4) is 0 Å². The molecule has 0 saturated heterocycles. The lowest BCUT2D eigenvalue weighted by molar-refractivity contribution is 0.249. The third kappa shape index (κ3) is 9.51. The molecular weight excluding hydrogens is 605 g/mol. The van der Waals surface area contributed by atoms with Gasteiger partial charge in [0, 0.05) is 40.5 Å². The first kappa shape index (κ1) is 32.4. The number of hydrogen-bond donors (Lipinski definition) is 0. The predicted molar refractivity (Wildman–Crippen MR) is 183 cm³/mol. The van der Waals surface area contributed by atoms with E-state index in [1.54, 1.807) is 0 Å². The van der Waals surface area contributed by atoms with Gasteiger partial charge in [0.1, 0.15) is 23.9 Å². The normalized spacial score (nSPS) is 11.1. The molecule has 0 fully saturated rings. The number of halogens is 2. The van der Waals surface area contributed by atoms with E-state index >= 15 is 0 Å². The van der Waals surface area contributed by atoms with Crippen LogP contribution in [0.4, 0.5) is 0 Å². The van der Waals surface area contributed by atoms with Gasteiger partial charge in [0.25, 0.3) is 0 Å². The maximum absolute atomic E-state index is 6.09. The fourth-order valence-corrected chi connectivity index (χ4v) is 5.19. The highest BCUT2D eigenvalue weighted by molar-refractivity contribution is 6.30. The highest BCUT2D eigenvalue weighted by atomic mass is 35.5. The minimum absolute atomic E-state index is 0.289. The zero-order chi connectivity index (χ0) is 31.4. The molecule has 1 heterocycles. The molecule has 5 aromatic rings. The fourth-order valence-electron chi connectivity index (χ4n) is 4.94. The third-order valence-electron chi connectivity index (χ3n) is 7.58. The van der Waals surface area contributed by atoms with Crippen molar-refractivity contribution in [2.24, 2.45) is 0 Å². The van der Waals surface area contributed by atoms with Crippen molar-refractivity contribution in [1.82, 2.24) is 14.5 Å². The molecule has 4 aromatic carbocycles. The lowest BCUT2D eigenvalue weighted by atomic mass is 10.1. The van der Waals surface area contributed by atoms with Gasteiger partial charge in [0.2, 0.25) is 0 Å². The highest BCUT2D eigenvalue weighted by Crippen LogP contribution is 2.26. The molecular formula is C37H39Cl2N3O3. The second kappa shape index (κ2) is 16.4. The average molecular weight is 645 g/mol. The van der Waals surface area contributed by atoms with Crippen LogP contribution in [0.2, 0.25) is 10.0 Å². The molecule has 0 saturated carbocycles. The maximum atomic E-state index is 6.09. The number of benzene rings is 4. The highest BCUT2D eigenvalue weighted by Gasteiger charge is 2.13. The second-order valence-electron chi connectivity index (χ2n) is 10.6. The third-order valence-corrected chi connectivity index (χ3v) is 8.08. The van der Waals surface area contributed by atoms with Crippen LogP contribution in [0.25, 0.3) is 16.9 Å². The van der Waals surface area contributed by atoms with Crippen LogP contribution in [0.15, 0.2) is 103 Å². The Morgan fingerprint density at radius 3 is 1.87 bits per heavy atom. The number of imidazole rings is 1. The Morgan fingerprint density at radius 2 is 1.22 bits per heavy atom. The molecule has 0 aliphatic rings. The number of ether oxygens (including phenoxy) is 3. The van der Waals surface area contributed by atoms with Crippen LogP contribution in [0.5, 0.6) is 17.2 Å². The topological polar surface area (TPSA) is 48.8 Å². The van der Waals surface area contributed by atoms with Gasteiger partial charge in [-0.05, 0) is 110 Å². The van der Waals surface area contributed by atoms with Gasteiger partial charge in [-0.15, -0.1) is 0 Å². The summed E-state index contributed by atoms with van der Waals surface area (Å²) in [6, 6.07) is 31.3. The van der Waals surface area contributed by atoms with E-state index in [0.29, 0.717) is 18.2 Å². The quantitative estimate of drug-likeness (QED) is 0.100. The van der Waals surface area contributed by atoms with Gasteiger partial charge in [-0.2, -0.15) is 0 Å². The van der Waals surface area contributed by atoms with E-state index in [1.807, 2.05) is 91.1 Å². The van der Waals surface area contributed by atoms with Crippen LogP contribution in [-0.4, -0.2) is 47.3 Å². The summed E-state index contributed by atoms with van der Waals surface area (Å²) in [7, 11) is 0. The standard InChI is InChI=1S/C37H39Cl2N3O3/c1-3-41(4-2)23-5-24-43-34-20-14-32(15-21-34)42-26-36(40-37(42)27-45-35-18-12-31(39)13-19-35)29-8-16-33(17-9-29)44-25-22-28-6-10-30(38)11-7-28/h6-21,26H,3-5,22-25,27H2,1-2H3. The molecule has 0 radical (unpaired) electrons. The van der Waals surface area contributed by atoms with Crippen molar-refractivity contribution in [3.63, 3.8) is 0 Å². The van der Waals surface area contributed by atoms with E-state index in [9.17, 15) is 0 Å². The van der Waals surface area contributed by atoms with E-state index in [2.05, 4.69) is 35.4 Å². The summed E-state index contributed by atoms with van der Waals surface area (Å²) < 4.78 is 20.2. The molecule has 0 N–H and O–H groups in total. The molecule has 0 spiro atoms. The smallest absolute Gasteiger partial charge is 0.152 e. The first-order chi connectivity index (χ1) is 22.0. The Balaban J connectivity index is 1.27. The van der Waals surface area contributed by atoms with Gasteiger partial charge in [0.15, 0.2) is 5.82 Å². The summed E-state index contributed by atoms with van der Waals surface area (Å²) in [6.45, 7) is 9.09. The van der Waals surface area contributed by atoms with Crippen LogP contribution in [0, 0.1) is 0 Å². The van der Waals surface area contributed by atoms with Crippen molar-refractivity contribution in [2.75, 3.05) is 32.8 Å². The largest absolute Gasteiger partial charge is 0.494 e. The summed E-state index contributed by atoms with van der Waals surface area (Å²) in [5, 5.41) is 1.40.